The fourth-order valence-corrected chi connectivity index (χ4v) is 4.97. The number of benzene rings is 1. The molecular formula is C22H27N3O7S2. The molecule has 0 aromatic heterocycles. The summed E-state index contributed by atoms with van der Waals surface area (Å²) in [5, 5.41) is 14.5. The van der Waals surface area contributed by atoms with Gasteiger partial charge in [-0.05, 0) is 32.2 Å². The van der Waals surface area contributed by atoms with E-state index in [0.717, 1.165) is 4.90 Å². The smallest absolute Gasteiger partial charge is 0.336 e. The van der Waals surface area contributed by atoms with Crippen LogP contribution in [0.2, 0.25) is 0 Å². The Kier molecular flexibility index (Phi) is 10.6. The van der Waals surface area contributed by atoms with Crippen LogP contribution in [-0.2, 0) is 23.9 Å². The minimum absolute atomic E-state index is 0.0806. The lowest BCUT2D eigenvalue weighted by molar-refractivity contribution is -0.385. The number of nitro benzene ring substituents is 1. The van der Waals surface area contributed by atoms with Gasteiger partial charge in [0.15, 0.2) is 0 Å². The highest BCUT2D eigenvalue weighted by molar-refractivity contribution is 7.99. The molecular weight excluding hydrogens is 482 g/mol. The molecule has 0 saturated heterocycles. The lowest BCUT2D eigenvalue weighted by atomic mass is 9.75. The lowest BCUT2D eigenvalue weighted by Gasteiger charge is -2.31. The second-order valence-electron chi connectivity index (χ2n) is 7.12. The summed E-state index contributed by atoms with van der Waals surface area (Å²) in [5.41, 5.74) is 0.863. The number of esters is 2. The van der Waals surface area contributed by atoms with Crippen molar-refractivity contribution >= 4 is 53.3 Å². The first kappa shape index (κ1) is 27.4. The summed E-state index contributed by atoms with van der Waals surface area (Å²) in [6.07, 6.45) is 2.43. The van der Waals surface area contributed by atoms with Gasteiger partial charge in [0.2, 0.25) is 6.41 Å². The van der Waals surface area contributed by atoms with Crippen molar-refractivity contribution in [3.63, 3.8) is 0 Å². The molecule has 1 heterocycles. The second-order valence-corrected chi connectivity index (χ2v) is 9.10. The van der Waals surface area contributed by atoms with Crippen molar-refractivity contribution in [1.29, 1.82) is 0 Å². The van der Waals surface area contributed by atoms with Crippen LogP contribution < -0.4 is 5.32 Å². The quantitative estimate of drug-likeness (QED) is 0.113. The number of hydrogen-bond acceptors (Lipinski definition) is 10. The van der Waals surface area contributed by atoms with E-state index in [1.54, 1.807) is 26.0 Å². The predicted molar refractivity (Wildman–Crippen MR) is 131 cm³/mol. The Labute approximate surface area is 206 Å². The van der Waals surface area contributed by atoms with Crippen molar-refractivity contribution in [3.05, 3.63) is 45.1 Å². The molecule has 0 spiro atoms. The van der Waals surface area contributed by atoms with Crippen LogP contribution in [-0.4, -0.2) is 67.0 Å². The number of ether oxygens (including phenoxy) is 2. The molecule has 10 nitrogen and oxygen atoms in total. The SMILES string of the molecule is CCOC(=O)C1=C(CSCCNC=O)N=C(C)C(C(=O)OC)C1c1cc(SC)ccc1[N+](=O)[O-]. The van der Waals surface area contributed by atoms with E-state index in [4.69, 9.17) is 9.47 Å². The van der Waals surface area contributed by atoms with Gasteiger partial charge in [0.25, 0.3) is 5.69 Å². The van der Waals surface area contributed by atoms with Crippen LogP contribution in [0.4, 0.5) is 5.69 Å². The largest absolute Gasteiger partial charge is 0.468 e. The molecule has 1 aliphatic rings. The first-order chi connectivity index (χ1) is 16.3. The maximum Gasteiger partial charge on any atom is 0.336 e. The van der Waals surface area contributed by atoms with Gasteiger partial charge in [-0.3, -0.25) is 24.7 Å². The van der Waals surface area contributed by atoms with Crippen molar-refractivity contribution in [3.8, 4) is 0 Å². The zero-order chi connectivity index (χ0) is 25.3. The van der Waals surface area contributed by atoms with Crippen molar-refractivity contribution in [2.45, 2.75) is 24.7 Å². The standard InChI is InChI=1S/C22H27N3O7S2/c1-5-32-22(28)20-16(11-34-9-8-23-12-26)24-13(2)18(21(27)31-3)19(20)15-10-14(33-4)6-7-17(15)25(29)30/h6-7,10,12,18-19H,5,8-9,11H2,1-4H3,(H,23,26). The van der Waals surface area contributed by atoms with Gasteiger partial charge in [-0.25, -0.2) is 4.79 Å². The van der Waals surface area contributed by atoms with Crippen molar-refractivity contribution in [2.24, 2.45) is 10.9 Å². The first-order valence-corrected chi connectivity index (χ1v) is 12.8. The van der Waals surface area contributed by atoms with E-state index in [1.165, 1.54) is 36.7 Å². The summed E-state index contributed by atoms with van der Waals surface area (Å²) in [6.45, 7) is 3.80. The molecule has 0 radical (unpaired) electrons. The van der Waals surface area contributed by atoms with Gasteiger partial charge in [0, 0.05) is 46.2 Å². The fraction of sp³-hybridized carbons (Fsp3) is 0.455. The number of hydrogen-bond donors (Lipinski definition) is 1. The van der Waals surface area contributed by atoms with Crippen LogP contribution in [0.3, 0.4) is 0 Å². The maximum absolute atomic E-state index is 13.2. The lowest BCUT2D eigenvalue weighted by Crippen LogP contribution is -2.37. The van der Waals surface area contributed by atoms with Gasteiger partial charge in [-0.1, -0.05) is 0 Å². The van der Waals surface area contributed by atoms with Gasteiger partial charge in [-0.15, -0.1) is 11.8 Å². The van der Waals surface area contributed by atoms with Crippen LogP contribution >= 0.6 is 23.5 Å². The molecule has 2 unspecified atom stereocenters. The van der Waals surface area contributed by atoms with E-state index in [0.29, 0.717) is 30.1 Å². The Morgan fingerprint density at radius 1 is 1.35 bits per heavy atom. The van der Waals surface area contributed by atoms with Gasteiger partial charge in [0.05, 0.1) is 29.9 Å². The third-order valence-corrected chi connectivity index (χ3v) is 6.84. The minimum Gasteiger partial charge on any atom is -0.468 e. The highest BCUT2D eigenvalue weighted by Gasteiger charge is 2.45. The van der Waals surface area contributed by atoms with Gasteiger partial charge in [0.1, 0.15) is 5.92 Å². The Morgan fingerprint density at radius 3 is 2.68 bits per heavy atom. The Balaban J connectivity index is 2.74. The van der Waals surface area contributed by atoms with Crippen LogP contribution in [0.1, 0.15) is 25.3 Å². The van der Waals surface area contributed by atoms with Gasteiger partial charge < -0.3 is 14.8 Å². The number of aliphatic imine (C=N–C) groups is 1. The molecule has 0 aliphatic carbocycles. The van der Waals surface area contributed by atoms with Crippen LogP contribution in [0.15, 0.2) is 39.4 Å². The van der Waals surface area contributed by atoms with E-state index in [9.17, 15) is 24.5 Å². The average Bonchev–Trinajstić information content (AvgIpc) is 2.82. The molecule has 0 saturated carbocycles. The number of nitro groups is 1. The van der Waals surface area contributed by atoms with E-state index in [-0.39, 0.29) is 29.2 Å². The number of nitrogens with zero attached hydrogens (tertiary/aromatic N) is 2. The normalized spacial score (nSPS) is 17.6. The fourth-order valence-electron chi connectivity index (χ4n) is 3.70. The summed E-state index contributed by atoms with van der Waals surface area (Å²) in [4.78, 5) is 53.2. The van der Waals surface area contributed by atoms with Crippen LogP contribution in [0, 0.1) is 16.0 Å². The summed E-state index contributed by atoms with van der Waals surface area (Å²) in [7, 11) is 1.22. The minimum atomic E-state index is -1.04. The van der Waals surface area contributed by atoms with Crippen molar-refractivity contribution in [1.82, 2.24) is 5.32 Å². The average molecular weight is 510 g/mol. The van der Waals surface area contributed by atoms with Crippen molar-refractivity contribution < 1.29 is 28.8 Å². The highest BCUT2D eigenvalue weighted by Crippen LogP contribution is 2.44. The third-order valence-electron chi connectivity index (χ3n) is 5.15. The van der Waals surface area contributed by atoms with Crippen LogP contribution in [0.25, 0.3) is 0 Å². The molecule has 1 aliphatic heterocycles. The summed E-state index contributed by atoms with van der Waals surface area (Å²) in [5.74, 6) is -2.56. The van der Waals surface area contributed by atoms with E-state index >= 15 is 0 Å². The number of carbonyl (C=O) groups is 3. The Morgan fingerprint density at radius 2 is 2.09 bits per heavy atom. The molecule has 1 aromatic carbocycles. The zero-order valence-electron chi connectivity index (χ0n) is 19.4. The van der Waals surface area contributed by atoms with Gasteiger partial charge >= 0.3 is 11.9 Å². The number of nitrogens with one attached hydrogen (secondary N) is 1. The molecule has 34 heavy (non-hydrogen) atoms. The molecule has 1 amide bonds. The highest BCUT2D eigenvalue weighted by atomic mass is 32.2. The number of methoxy groups -OCH3 is 1. The summed E-state index contributed by atoms with van der Waals surface area (Å²) < 4.78 is 10.3. The van der Waals surface area contributed by atoms with E-state index in [2.05, 4.69) is 10.3 Å². The predicted octanol–water partition coefficient (Wildman–Crippen LogP) is 2.96. The first-order valence-electron chi connectivity index (χ1n) is 10.4. The Hall–Kier alpha value is -2.86. The number of rotatable bonds is 12. The molecule has 1 aromatic rings. The number of thioether (sulfide) groups is 2. The van der Waals surface area contributed by atoms with Gasteiger partial charge in [-0.2, -0.15) is 11.8 Å². The molecule has 2 atom stereocenters. The zero-order valence-corrected chi connectivity index (χ0v) is 21.0. The summed E-state index contributed by atoms with van der Waals surface area (Å²) >= 11 is 2.81. The molecule has 0 bridgehead atoms. The second kappa shape index (κ2) is 13.1. The molecule has 184 valence electrons. The molecule has 0 fully saturated rings. The maximum atomic E-state index is 13.2. The Bertz CT molecular complexity index is 1010. The summed E-state index contributed by atoms with van der Waals surface area (Å²) in [6, 6.07) is 4.62. The van der Waals surface area contributed by atoms with E-state index < -0.39 is 28.7 Å². The number of carbonyl (C=O) groups excluding carboxylic acids is 3. The van der Waals surface area contributed by atoms with E-state index in [1.807, 2.05) is 6.26 Å². The monoisotopic (exact) mass is 509 g/mol. The molecule has 2 rings (SSSR count). The molecule has 12 heteroatoms. The topological polar surface area (TPSA) is 137 Å². The third kappa shape index (κ3) is 6.38. The van der Waals surface area contributed by atoms with Crippen LogP contribution in [0.5, 0.6) is 0 Å². The molecule has 1 N–H and O–H groups in total. The number of amides is 1. The van der Waals surface area contributed by atoms with Crippen molar-refractivity contribution in [2.75, 3.05) is 38.0 Å².